The maximum atomic E-state index is 5.06. The van der Waals surface area contributed by atoms with E-state index in [1.54, 1.807) is 13.3 Å². The highest BCUT2D eigenvalue weighted by molar-refractivity contribution is 14.1. The van der Waals surface area contributed by atoms with Crippen molar-refractivity contribution in [2.75, 3.05) is 19.0 Å². The normalized spacial score (nSPS) is 10.4. The SMILES string of the molecule is CCCNc1nc(-c2ccc(OC)nc2)nc(C)c1I. The molecule has 2 rings (SSSR count). The molecule has 106 valence electrons. The van der Waals surface area contributed by atoms with Crippen LogP contribution in [0.15, 0.2) is 18.3 Å². The van der Waals surface area contributed by atoms with E-state index in [4.69, 9.17) is 4.74 Å². The lowest BCUT2D eigenvalue weighted by Gasteiger charge is -2.10. The van der Waals surface area contributed by atoms with E-state index in [2.05, 4.69) is 49.8 Å². The Morgan fingerprint density at radius 2 is 2.10 bits per heavy atom. The fraction of sp³-hybridized carbons (Fsp3) is 0.357. The molecular formula is C14H17IN4O. The van der Waals surface area contributed by atoms with E-state index < -0.39 is 0 Å². The summed E-state index contributed by atoms with van der Waals surface area (Å²) in [5, 5.41) is 3.33. The molecule has 0 saturated carbocycles. The van der Waals surface area contributed by atoms with E-state index in [1.165, 1.54) is 0 Å². The lowest BCUT2D eigenvalue weighted by atomic mass is 10.2. The Kier molecular flexibility index (Phi) is 5.11. The molecule has 6 heteroatoms. The fourth-order valence-corrected chi connectivity index (χ4v) is 2.11. The highest BCUT2D eigenvalue weighted by Gasteiger charge is 2.10. The van der Waals surface area contributed by atoms with Gasteiger partial charge in [-0.05, 0) is 42.0 Å². The minimum absolute atomic E-state index is 0.584. The lowest BCUT2D eigenvalue weighted by molar-refractivity contribution is 0.398. The fourth-order valence-electron chi connectivity index (χ4n) is 1.68. The van der Waals surface area contributed by atoms with Crippen LogP contribution in [0.2, 0.25) is 0 Å². The van der Waals surface area contributed by atoms with E-state index in [0.29, 0.717) is 11.7 Å². The molecule has 0 aliphatic carbocycles. The van der Waals surface area contributed by atoms with Crippen LogP contribution in [0.5, 0.6) is 5.88 Å². The third-order valence-electron chi connectivity index (χ3n) is 2.76. The van der Waals surface area contributed by atoms with Crippen molar-refractivity contribution >= 4 is 28.4 Å². The largest absolute Gasteiger partial charge is 0.481 e. The van der Waals surface area contributed by atoms with Gasteiger partial charge in [0.05, 0.1) is 16.4 Å². The smallest absolute Gasteiger partial charge is 0.212 e. The van der Waals surface area contributed by atoms with Crippen molar-refractivity contribution in [2.45, 2.75) is 20.3 Å². The Hall–Kier alpha value is -1.44. The van der Waals surface area contributed by atoms with E-state index in [-0.39, 0.29) is 0 Å². The minimum Gasteiger partial charge on any atom is -0.481 e. The Morgan fingerprint density at radius 3 is 2.70 bits per heavy atom. The summed E-state index contributed by atoms with van der Waals surface area (Å²) >= 11 is 2.27. The number of aryl methyl sites for hydroxylation is 1. The predicted octanol–water partition coefficient (Wildman–Crippen LogP) is 3.28. The summed E-state index contributed by atoms with van der Waals surface area (Å²) in [4.78, 5) is 13.3. The van der Waals surface area contributed by atoms with Gasteiger partial charge >= 0.3 is 0 Å². The number of ether oxygens (including phenoxy) is 1. The number of rotatable bonds is 5. The average molecular weight is 384 g/mol. The van der Waals surface area contributed by atoms with Crippen LogP contribution in [0.1, 0.15) is 19.0 Å². The van der Waals surface area contributed by atoms with Gasteiger partial charge in [0.15, 0.2) is 5.82 Å². The van der Waals surface area contributed by atoms with Gasteiger partial charge in [-0.3, -0.25) is 0 Å². The van der Waals surface area contributed by atoms with Gasteiger partial charge < -0.3 is 10.1 Å². The monoisotopic (exact) mass is 384 g/mol. The molecule has 0 bridgehead atoms. The molecule has 0 atom stereocenters. The molecule has 2 aromatic rings. The summed E-state index contributed by atoms with van der Waals surface area (Å²) in [6.07, 6.45) is 2.78. The summed E-state index contributed by atoms with van der Waals surface area (Å²) in [6.45, 7) is 5.01. The molecule has 0 fully saturated rings. The third-order valence-corrected chi connectivity index (χ3v) is 4.05. The van der Waals surface area contributed by atoms with Crippen LogP contribution >= 0.6 is 22.6 Å². The Labute approximate surface area is 132 Å². The van der Waals surface area contributed by atoms with E-state index in [1.807, 2.05) is 19.1 Å². The number of methoxy groups -OCH3 is 1. The number of anilines is 1. The molecule has 0 aliphatic rings. The Morgan fingerprint density at radius 1 is 1.30 bits per heavy atom. The molecule has 20 heavy (non-hydrogen) atoms. The van der Waals surface area contributed by atoms with Gasteiger partial charge in [0.2, 0.25) is 5.88 Å². The molecule has 0 radical (unpaired) electrons. The van der Waals surface area contributed by atoms with E-state index in [9.17, 15) is 0 Å². The van der Waals surface area contributed by atoms with Crippen molar-refractivity contribution in [3.63, 3.8) is 0 Å². The third kappa shape index (κ3) is 3.36. The standard InChI is InChI=1S/C14H17IN4O/c1-4-7-16-14-12(15)9(2)18-13(19-14)10-5-6-11(20-3)17-8-10/h5-6,8H,4,7H2,1-3H3,(H,16,18,19). The molecule has 0 aliphatic heterocycles. The molecule has 0 aromatic carbocycles. The highest BCUT2D eigenvalue weighted by Crippen LogP contribution is 2.24. The summed E-state index contributed by atoms with van der Waals surface area (Å²) in [5.41, 5.74) is 1.84. The molecule has 0 spiro atoms. The van der Waals surface area contributed by atoms with Crippen LogP contribution in [0.4, 0.5) is 5.82 Å². The molecule has 2 aromatic heterocycles. The van der Waals surface area contributed by atoms with Gasteiger partial charge in [0.1, 0.15) is 5.82 Å². The van der Waals surface area contributed by atoms with Crippen LogP contribution in [0.25, 0.3) is 11.4 Å². The molecular weight excluding hydrogens is 367 g/mol. The predicted molar refractivity (Wildman–Crippen MR) is 88.0 cm³/mol. The van der Waals surface area contributed by atoms with Crippen LogP contribution < -0.4 is 10.1 Å². The highest BCUT2D eigenvalue weighted by atomic mass is 127. The molecule has 0 amide bonds. The van der Waals surface area contributed by atoms with Gasteiger partial charge in [-0.2, -0.15) is 0 Å². The first-order valence-corrected chi connectivity index (χ1v) is 7.52. The number of hydrogen-bond donors (Lipinski definition) is 1. The molecule has 0 saturated heterocycles. The quantitative estimate of drug-likeness (QED) is 0.802. The number of pyridine rings is 1. The van der Waals surface area contributed by atoms with Gasteiger partial charge in [0.25, 0.3) is 0 Å². The van der Waals surface area contributed by atoms with Crippen molar-refractivity contribution in [1.82, 2.24) is 15.0 Å². The molecule has 0 unspecified atom stereocenters. The van der Waals surface area contributed by atoms with Gasteiger partial charge in [-0.1, -0.05) is 6.92 Å². The van der Waals surface area contributed by atoms with Crippen molar-refractivity contribution in [3.8, 4) is 17.3 Å². The second-order valence-corrected chi connectivity index (χ2v) is 5.39. The maximum Gasteiger partial charge on any atom is 0.212 e. The molecule has 5 nitrogen and oxygen atoms in total. The zero-order valence-electron chi connectivity index (χ0n) is 11.8. The zero-order valence-corrected chi connectivity index (χ0v) is 13.9. The summed E-state index contributed by atoms with van der Waals surface area (Å²) < 4.78 is 6.12. The number of aromatic nitrogens is 3. The van der Waals surface area contributed by atoms with Crippen molar-refractivity contribution in [3.05, 3.63) is 27.6 Å². The average Bonchev–Trinajstić information content (AvgIpc) is 2.48. The Bertz CT molecular complexity index is 586. The van der Waals surface area contributed by atoms with Crippen LogP contribution in [0, 0.1) is 10.5 Å². The first-order chi connectivity index (χ1) is 9.65. The van der Waals surface area contributed by atoms with Crippen molar-refractivity contribution in [2.24, 2.45) is 0 Å². The number of halogens is 1. The van der Waals surface area contributed by atoms with Crippen LogP contribution in [-0.4, -0.2) is 28.6 Å². The lowest BCUT2D eigenvalue weighted by Crippen LogP contribution is -2.07. The summed E-state index contributed by atoms with van der Waals surface area (Å²) in [6, 6.07) is 3.72. The van der Waals surface area contributed by atoms with Crippen molar-refractivity contribution in [1.29, 1.82) is 0 Å². The van der Waals surface area contributed by atoms with Gasteiger partial charge in [0, 0.05) is 24.4 Å². The topological polar surface area (TPSA) is 59.9 Å². The van der Waals surface area contributed by atoms with Crippen LogP contribution in [-0.2, 0) is 0 Å². The molecule has 1 N–H and O–H groups in total. The second kappa shape index (κ2) is 6.83. The van der Waals surface area contributed by atoms with E-state index >= 15 is 0 Å². The first-order valence-electron chi connectivity index (χ1n) is 6.44. The zero-order chi connectivity index (χ0) is 14.5. The van der Waals surface area contributed by atoms with Crippen LogP contribution in [0.3, 0.4) is 0 Å². The maximum absolute atomic E-state index is 5.06. The Balaban J connectivity index is 2.37. The van der Waals surface area contributed by atoms with Gasteiger partial charge in [-0.25, -0.2) is 15.0 Å². The second-order valence-electron chi connectivity index (χ2n) is 4.31. The number of hydrogen-bond acceptors (Lipinski definition) is 5. The molecule has 2 heterocycles. The van der Waals surface area contributed by atoms with Gasteiger partial charge in [-0.15, -0.1) is 0 Å². The van der Waals surface area contributed by atoms with E-state index in [0.717, 1.165) is 33.6 Å². The summed E-state index contributed by atoms with van der Waals surface area (Å²) in [5.74, 6) is 2.14. The first kappa shape index (κ1) is 15.0. The number of nitrogens with zero attached hydrogens (tertiary/aromatic N) is 3. The minimum atomic E-state index is 0.584. The number of nitrogens with one attached hydrogen (secondary N) is 1. The summed E-state index contributed by atoms with van der Waals surface area (Å²) in [7, 11) is 1.60. The van der Waals surface area contributed by atoms with Crippen molar-refractivity contribution < 1.29 is 4.74 Å².